The topological polar surface area (TPSA) is 80.9 Å². The third kappa shape index (κ3) is 2.71. The van der Waals surface area contributed by atoms with Crippen LogP contribution in [0.25, 0.3) is 10.9 Å². The van der Waals surface area contributed by atoms with Crippen molar-refractivity contribution in [2.24, 2.45) is 0 Å². The largest absolute Gasteiger partial charge is 0.397 e. The van der Waals surface area contributed by atoms with Crippen LogP contribution in [-0.2, 0) is 0 Å². The summed E-state index contributed by atoms with van der Waals surface area (Å²) in [5.41, 5.74) is 8.13. The molecule has 0 aliphatic heterocycles. The van der Waals surface area contributed by atoms with Crippen molar-refractivity contribution in [1.82, 2.24) is 9.97 Å². The van der Waals surface area contributed by atoms with E-state index in [4.69, 9.17) is 5.73 Å². The number of hydrogen-bond donors (Lipinski definition) is 2. The van der Waals surface area contributed by atoms with Crippen LogP contribution in [0.4, 0.5) is 11.4 Å². The Morgan fingerprint density at radius 1 is 1.14 bits per heavy atom. The zero-order chi connectivity index (χ0) is 14.8. The minimum atomic E-state index is -0.280. The summed E-state index contributed by atoms with van der Waals surface area (Å²) in [5.74, 6) is -0.280. The highest BCUT2D eigenvalue weighted by Gasteiger charge is 2.11. The van der Waals surface area contributed by atoms with Gasteiger partial charge in [-0.25, -0.2) is 4.98 Å². The molecule has 3 aromatic rings. The summed E-state index contributed by atoms with van der Waals surface area (Å²) in [5, 5.41) is 3.63. The second kappa shape index (κ2) is 5.49. The van der Waals surface area contributed by atoms with Gasteiger partial charge in [-0.05, 0) is 52.3 Å². The molecule has 0 radical (unpaired) electrons. The normalized spacial score (nSPS) is 10.5. The number of nitrogens with one attached hydrogen (secondary N) is 1. The summed E-state index contributed by atoms with van der Waals surface area (Å²) >= 11 is 3.29. The number of fused-ring (bicyclic) bond motifs is 1. The molecule has 0 saturated carbocycles. The van der Waals surface area contributed by atoms with Crippen molar-refractivity contribution < 1.29 is 4.79 Å². The third-order valence-corrected chi connectivity index (χ3v) is 3.48. The average Bonchev–Trinajstić information content (AvgIpc) is 2.51. The van der Waals surface area contributed by atoms with Gasteiger partial charge in [0, 0.05) is 22.3 Å². The number of halogens is 1. The van der Waals surface area contributed by atoms with Crippen LogP contribution >= 0.6 is 15.9 Å². The van der Waals surface area contributed by atoms with E-state index in [-0.39, 0.29) is 5.91 Å². The second-order valence-electron chi connectivity index (χ2n) is 4.42. The number of hydrogen-bond acceptors (Lipinski definition) is 4. The van der Waals surface area contributed by atoms with Crippen LogP contribution in [0, 0.1) is 0 Å². The Kier molecular flexibility index (Phi) is 3.53. The van der Waals surface area contributed by atoms with Gasteiger partial charge in [0.2, 0.25) is 0 Å². The molecule has 2 heterocycles. The highest BCUT2D eigenvalue weighted by atomic mass is 79.9. The zero-order valence-corrected chi connectivity index (χ0v) is 12.5. The lowest BCUT2D eigenvalue weighted by atomic mass is 10.1. The Morgan fingerprint density at radius 3 is 2.76 bits per heavy atom. The number of anilines is 2. The fourth-order valence-corrected chi connectivity index (χ4v) is 2.23. The molecule has 21 heavy (non-hydrogen) atoms. The minimum Gasteiger partial charge on any atom is -0.397 e. The van der Waals surface area contributed by atoms with E-state index >= 15 is 0 Å². The van der Waals surface area contributed by atoms with E-state index in [1.165, 1.54) is 0 Å². The standard InChI is InChI=1S/C15H11BrN4O/c16-9-3-5-13(19-8-9)15(21)20-12-6-4-11(17)14-10(12)2-1-7-18-14/h1-8H,17H2,(H,20,21). The molecule has 6 heteroatoms. The smallest absolute Gasteiger partial charge is 0.274 e. The van der Waals surface area contributed by atoms with Crippen LogP contribution < -0.4 is 11.1 Å². The molecule has 104 valence electrons. The molecule has 2 aromatic heterocycles. The average molecular weight is 343 g/mol. The maximum absolute atomic E-state index is 12.2. The van der Waals surface area contributed by atoms with Gasteiger partial charge in [-0.2, -0.15) is 0 Å². The molecular weight excluding hydrogens is 332 g/mol. The summed E-state index contributed by atoms with van der Waals surface area (Å²) in [7, 11) is 0. The molecule has 0 aliphatic rings. The van der Waals surface area contributed by atoms with Gasteiger partial charge in [-0.15, -0.1) is 0 Å². The summed E-state index contributed by atoms with van der Waals surface area (Å²) in [6.07, 6.45) is 3.25. The number of nitrogen functional groups attached to an aromatic ring is 1. The molecule has 0 atom stereocenters. The van der Waals surface area contributed by atoms with Crippen molar-refractivity contribution in [1.29, 1.82) is 0 Å². The van der Waals surface area contributed by atoms with Gasteiger partial charge >= 0.3 is 0 Å². The molecule has 0 aliphatic carbocycles. The molecule has 0 saturated heterocycles. The van der Waals surface area contributed by atoms with E-state index in [1.54, 1.807) is 42.7 Å². The lowest BCUT2D eigenvalue weighted by Crippen LogP contribution is -2.13. The van der Waals surface area contributed by atoms with E-state index in [0.717, 1.165) is 9.86 Å². The number of carbonyl (C=O) groups is 1. The lowest BCUT2D eigenvalue weighted by molar-refractivity contribution is 0.102. The van der Waals surface area contributed by atoms with Gasteiger partial charge in [-0.1, -0.05) is 0 Å². The van der Waals surface area contributed by atoms with Crippen LogP contribution in [-0.4, -0.2) is 15.9 Å². The monoisotopic (exact) mass is 342 g/mol. The predicted molar refractivity (Wildman–Crippen MR) is 86.0 cm³/mol. The van der Waals surface area contributed by atoms with Crippen LogP contribution in [0.5, 0.6) is 0 Å². The van der Waals surface area contributed by atoms with Gasteiger partial charge in [0.05, 0.1) is 16.9 Å². The Morgan fingerprint density at radius 2 is 2.00 bits per heavy atom. The number of amides is 1. The summed E-state index contributed by atoms with van der Waals surface area (Å²) in [4.78, 5) is 20.5. The van der Waals surface area contributed by atoms with Gasteiger partial charge < -0.3 is 11.1 Å². The number of aromatic nitrogens is 2. The molecule has 0 spiro atoms. The van der Waals surface area contributed by atoms with Gasteiger partial charge in [0.25, 0.3) is 5.91 Å². The van der Waals surface area contributed by atoms with Gasteiger partial charge in [-0.3, -0.25) is 9.78 Å². The van der Waals surface area contributed by atoms with Crippen molar-refractivity contribution in [3.05, 3.63) is 59.0 Å². The van der Waals surface area contributed by atoms with Gasteiger partial charge in [0.15, 0.2) is 0 Å². The maximum atomic E-state index is 12.2. The highest BCUT2D eigenvalue weighted by molar-refractivity contribution is 9.10. The van der Waals surface area contributed by atoms with Crippen molar-refractivity contribution >= 4 is 44.1 Å². The molecular formula is C15H11BrN4O. The zero-order valence-electron chi connectivity index (χ0n) is 10.9. The summed E-state index contributed by atoms with van der Waals surface area (Å²) < 4.78 is 0.821. The maximum Gasteiger partial charge on any atom is 0.274 e. The fraction of sp³-hybridized carbons (Fsp3) is 0. The lowest BCUT2D eigenvalue weighted by Gasteiger charge is -2.09. The summed E-state index contributed by atoms with van der Waals surface area (Å²) in [6, 6.07) is 10.6. The molecule has 5 nitrogen and oxygen atoms in total. The van der Waals surface area contributed by atoms with Crippen molar-refractivity contribution in [2.45, 2.75) is 0 Å². The molecule has 0 unspecified atom stereocenters. The van der Waals surface area contributed by atoms with Crippen LogP contribution in [0.1, 0.15) is 10.5 Å². The summed E-state index contributed by atoms with van der Waals surface area (Å²) in [6.45, 7) is 0. The first kappa shape index (κ1) is 13.5. The third-order valence-electron chi connectivity index (χ3n) is 3.01. The van der Waals surface area contributed by atoms with Gasteiger partial charge in [0.1, 0.15) is 5.69 Å². The van der Waals surface area contributed by atoms with E-state index in [1.807, 2.05) is 6.07 Å². The Balaban J connectivity index is 1.97. The number of carbonyl (C=O) groups excluding carboxylic acids is 1. The number of pyridine rings is 2. The molecule has 0 fully saturated rings. The molecule has 1 amide bonds. The van der Waals surface area contributed by atoms with Crippen molar-refractivity contribution in [3.63, 3.8) is 0 Å². The second-order valence-corrected chi connectivity index (χ2v) is 5.33. The number of benzene rings is 1. The van der Waals surface area contributed by atoms with E-state index < -0.39 is 0 Å². The number of nitrogens with two attached hydrogens (primary N) is 1. The molecule has 3 N–H and O–H groups in total. The van der Waals surface area contributed by atoms with Crippen LogP contribution in [0.3, 0.4) is 0 Å². The predicted octanol–water partition coefficient (Wildman–Crippen LogP) is 3.23. The minimum absolute atomic E-state index is 0.280. The molecule has 0 bridgehead atoms. The molecule has 3 rings (SSSR count). The van der Waals surface area contributed by atoms with Crippen molar-refractivity contribution in [2.75, 3.05) is 11.1 Å². The fourth-order valence-electron chi connectivity index (χ4n) is 2.00. The van der Waals surface area contributed by atoms with Crippen LogP contribution in [0.2, 0.25) is 0 Å². The first-order chi connectivity index (χ1) is 10.1. The van der Waals surface area contributed by atoms with Crippen molar-refractivity contribution in [3.8, 4) is 0 Å². The first-order valence-corrected chi connectivity index (χ1v) is 7.00. The van der Waals surface area contributed by atoms with E-state index in [9.17, 15) is 4.79 Å². The Hall–Kier alpha value is -2.47. The molecule has 1 aromatic carbocycles. The quantitative estimate of drug-likeness (QED) is 0.700. The number of nitrogens with zero attached hydrogens (tertiary/aromatic N) is 2. The Labute approximate surface area is 129 Å². The SMILES string of the molecule is Nc1ccc(NC(=O)c2ccc(Br)cn2)c2cccnc12. The number of rotatable bonds is 2. The van der Waals surface area contributed by atoms with E-state index in [0.29, 0.717) is 22.6 Å². The first-order valence-electron chi connectivity index (χ1n) is 6.21. The Bertz CT molecular complexity index is 818. The highest BCUT2D eigenvalue weighted by Crippen LogP contribution is 2.26. The van der Waals surface area contributed by atoms with E-state index in [2.05, 4.69) is 31.2 Å². The van der Waals surface area contributed by atoms with Crippen LogP contribution in [0.15, 0.2) is 53.3 Å².